The SMILES string of the molecule is Cc1ccccc1[C@H](NC(=O)c1ccc(C)c([N+](=O)[O-])c1)c1ccccc1. The number of carbonyl (C=O) groups excluding carboxylic acids is 1. The highest BCUT2D eigenvalue weighted by molar-refractivity contribution is 5.95. The summed E-state index contributed by atoms with van der Waals surface area (Å²) in [7, 11) is 0. The lowest BCUT2D eigenvalue weighted by atomic mass is 9.94. The Morgan fingerprint density at radius 2 is 1.59 bits per heavy atom. The number of hydrogen-bond donors (Lipinski definition) is 1. The minimum Gasteiger partial charge on any atom is -0.341 e. The Morgan fingerprint density at radius 3 is 2.26 bits per heavy atom. The van der Waals surface area contributed by atoms with Crippen LogP contribution in [0.2, 0.25) is 0 Å². The average Bonchev–Trinajstić information content (AvgIpc) is 2.67. The van der Waals surface area contributed by atoms with Crippen LogP contribution in [0.5, 0.6) is 0 Å². The van der Waals surface area contributed by atoms with Crippen molar-refractivity contribution in [2.75, 3.05) is 0 Å². The second-order valence-electron chi connectivity index (χ2n) is 6.43. The number of nitrogens with one attached hydrogen (secondary N) is 1. The van der Waals surface area contributed by atoms with Gasteiger partial charge in [0.1, 0.15) is 0 Å². The number of rotatable bonds is 5. The topological polar surface area (TPSA) is 72.2 Å². The number of aryl methyl sites for hydroxylation is 2. The van der Waals surface area contributed by atoms with E-state index in [1.165, 1.54) is 6.07 Å². The van der Waals surface area contributed by atoms with Crippen molar-refractivity contribution in [1.29, 1.82) is 0 Å². The Bertz CT molecular complexity index is 984. The van der Waals surface area contributed by atoms with Crippen molar-refractivity contribution in [3.8, 4) is 0 Å². The van der Waals surface area contributed by atoms with Crippen LogP contribution in [-0.4, -0.2) is 10.8 Å². The Hall–Kier alpha value is -3.47. The zero-order valence-corrected chi connectivity index (χ0v) is 15.2. The summed E-state index contributed by atoms with van der Waals surface area (Å²) in [6.07, 6.45) is 0. The van der Waals surface area contributed by atoms with Crippen LogP contribution in [0.4, 0.5) is 5.69 Å². The van der Waals surface area contributed by atoms with Crippen LogP contribution in [0.25, 0.3) is 0 Å². The molecule has 0 spiro atoms. The number of carbonyl (C=O) groups is 1. The highest BCUT2D eigenvalue weighted by Gasteiger charge is 2.21. The van der Waals surface area contributed by atoms with Gasteiger partial charge in [-0.25, -0.2) is 0 Å². The lowest BCUT2D eigenvalue weighted by Crippen LogP contribution is -2.29. The summed E-state index contributed by atoms with van der Waals surface area (Å²) in [5, 5.41) is 14.2. The molecule has 136 valence electrons. The fourth-order valence-corrected chi connectivity index (χ4v) is 3.06. The van der Waals surface area contributed by atoms with Crippen LogP contribution >= 0.6 is 0 Å². The van der Waals surface area contributed by atoms with E-state index in [0.29, 0.717) is 5.56 Å². The van der Waals surface area contributed by atoms with Crippen molar-refractivity contribution in [2.45, 2.75) is 19.9 Å². The molecule has 0 saturated heterocycles. The van der Waals surface area contributed by atoms with Crippen LogP contribution in [0.3, 0.4) is 0 Å². The van der Waals surface area contributed by atoms with Crippen LogP contribution in [0, 0.1) is 24.0 Å². The van der Waals surface area contributed by atoms with Crippen LogP contribution in [0.15, 0.2) is 72.8 Å². The number of nitro benzene ring substituents is 1. The molecule has 1 amide bonds. The van der Waals surface area contributed by atoms with Gasteiger partial charge in [-0.05, 0) is 36.6 Å². The molecule has 0 aliphatic heterocycles. The molecule has 0 heterocycles. The maximum Gasteiger partial charge on any atom is 0.273 e. The summed E-state index contributed by atoms with van der Waals surface area (Å²) < 4.78 is 0. The normalized spacial score (nSPS) is 11.6. The van der Waals surface area contributed by atoms with E-state index in [4.69, 9.17) is 0 Å². The van der Waals surface area contributed by atoms with Gasteiger partial charge in [0.2, 0.25) is 0 Å². The Balaban J connectivity index is 1.98. The molecule has 0 aromatic heterocycles. The van der Waals surface area contributed by atoms with E-state index in [0.717, 1.165) is 16.7 Å². The first kappa shape index (κ1) is 18.3. The lowest BCUT2D eigenvalue weighted by molar-refractivity contribution is -0.385. The maximum absolute atomic E-state index is 12.9. The quantitative estimate of drug-likeness (QED) is 0.528. The largest absolute Gasteiger partial charge is 0.341 e. The minimum atomic E-state index is -0.470. The summed E-state index contributed by atoms with van der Waals surface area (Å²) >= 11 is 0. The molecule has 0 fully saturated rings. The fraction of sp³-hybridized carbons (Fsp3) is 0.136. The summed E-state index contributed by atoms with van der Waals surface area (Å²) in [6, 6.07) is 21.7. The van der Waals surface area contributed by atoms with Crippen molar-refractivity contribution in [3.63, 3.8) is 0 Å². The number of benzene rings is 3. The third kappa shape index (κ3) is 4.03. The van der Waals surface area contributed by atoms with E-state index in [1.54, 1.807) is 19.1 Å². The summed E-state index contributed by atoms with van der Waals surface area (Å²) in [6.45, 7) is 3.65. The second kappa shape index (κ2) is 7.83. The van der Waals surface area contributed by atoms with Crippen molar-refractivity contribution >= 4 is 11.6 Å². The molecule has 0 bridgehead atoms. The van der Waals surface area contributed by atoms with E-state index in [9.17, 15) is 14.9 Å². The van der Waals surface area contributed by atoms with E-state index in [2.05, 4.69) is 5.32 Å². The van der Waals surface area contributed by atoms with Gasteiger partial charge in [0.05, 0.1) is 11.0 Å². The van der Waals surface area contributed by atoms with Gasteiger partial charge in [0, 0.05) is 17.2 Å². The summed E-state index contributed by atoms with van der Waals surface area (Å²) in [5.41, 5.74) is 3.72. The molecule has 0 aliphatic carbocycles. The average molecular weight is 360 g/mol. The molecule has 0 unspecified atom stereocenters. The number of amides is 1. The number of hydrogen-bond acceptors (Lipinski definition) is 3. The first-order chi connectivity index (χ1) is 13.0. The molecule has 0 radical (unpaired) electrons. The fourth-order valence-electron chi connectivity index (χ4n) is 3.06. The molecule has 5 heteroatoms. The smallest absolute Gasteiger partial charge is 0.273 e. The van der Waals surface area contributed by atoms with Gasteiger partial charge in [-0.3, -0.25) is 14.9 Å². The highest BCUT2D eigenvalue weighted by Crippen LogP contribution is 2.26. The molecule has 0 saturated carbocycles. The minimum absolute atomic E-state index is 0.0604. The van der Waals surface area contributed by atoms with Gasteiger partial charge in [0.25, 0.3) is 11.6 Å². The second-order valence-corrected chi connectivity index (χ2v) is 6.43. The molecule has 1 atom stereocenters. The first-order valence-corrected chi connectivity index (χ1v) is 8.63. The van der Waals surface area contributed by atoms with Crippen LogP contribution < -0.4 is 5.32 Å². The standard InChI is InChI=1S/C22H20N2O3/c1-15-8-6-7-11-19(15)21(17-9-4-3-5-10-17)23-22(25)18-13-12-16(2)20(14-18)24(26)27/h3-14,21H,1-2H3,(H,23,25)/t21-/m1/s1. The van der Waals surface area contributed by atoms with Crippen molar-refractivity contribution < 1.29 is 9.72 Å². The Labute approximate surface area is 157 Å². The van der Waals surface area contributed by atoms with E-state index < -0.39 is 4.92 Å². The van der Waals surface area contributed by atoms with Gasteiger partial charge >= 0.3 is 0 Å². The third-order valence-corrected chi connectivity index (χ3v) is 4.58. The highest BCUT2D eigenvalue weighted by atomic mass is 16.6. The van der Waals surface area contributed by atoms with Gasteiger partial charge in [-0.15, -0.1) is 0 Å². The van der Waals surface area contributed by atoms with Crippen molar-refractivity contribution in [2.24, 2.45) is 0 Å². The Kier molecular flexibility index (Phi) is 5.31. The number of nitrogens with zero attached hydrogens (tertiary/aromatic N) is 1. The molecule has 0 aliphatic rings. The van der Waals surface area contributed by atoms with Gasteiger partial charge < -0.3 is 5.32 Å². The lowest BCUT2D eigenvalue weighted by Gasteiger charge is -2.21. The van der Waals surface area contributed by atoms with Gasteiger partial charge in [-0.1, -0.05) is 60.7 Å². The van der Waals surface area contributed by atoms with E-state index in [1.807, 2.05) is 61.5 Å². The number of nitro groups is 1. The summed E-state index contributed by atoms with van der Waals surface area (Å²) in [5.74, 6) is -0.352. The molecule has 27 heavy (non-hydrogen) atoms. The molecular weight excluding hydrogens is 340 g/mol. The van der Waals surface area contributed by atoms with Crippen LogP contribution in [-0.2, 0) is 0 Å². The molecule has 1 N–H and O–H groups in total. The van der Waals surface area contributed by atoms with Gasteiger partial charge in [0.15, 0.2) is 0 Å². The zero-order valence-electron chi connectivity index (χ0n) is 15.2. The molecule has 3 aromatic rings. The molecular formula is C22H20N2O3. The molecule has 3 aromatic carbocycles. The van der Waals surface area contributed by atoms with E-state index in [-0.39, 0.29) is 23.2 Å². The maximum atomic E-state index is 12.9. The monoisotopic (exact) mass is 360 g/mol. The predicted octanol–water partition coefficient (Wildman–Crippen LogP) is 4.73. The van der Waals surface area contributed by atoms with Crippen molar-refractivity contribution in [1.82, 2.24) is 5.32 Å². The molecule has 3 rings (SSSR count). The molecule has 5 nitrogen and oxygen atoms in total. The Morgan fingerprint density at radius 1 is 0.926 bits per heavy atom. The third-order valence-electron chi connectivity index (χ3n) is 4.58. The van der Waals surface area contributed by atoms with E-state index >= 15 is 0 Å². The summed E-state index contributed by atoms with van der Waals surface area (Å²) in [4.78, 5) is 23.6. The first-order valence-electron chi connectivity index (χ1n) is 8.63. The zero-order chi connectivity index (χ0) is 19.4. The predicted molar refractivity (Wildman–Crippen MR) is 105 cm³/mol. The van der Waals surface area contributed by atoms with Gasteiger partial charge in [-0.2, -0.15) is 0 Å². The van der Waals surface area contributed by atoms with Crippen LogP contribution in [0.1, 0.15) is 38.7 Å². The van der Waals surface area contributed by atoms with Crippen molar-refractivity contribution in [3.05, 3.63) is 111 Å².